The Hall–Kier alpha value is -3.42. The standard InChI is InChI=1S/C21H24N2O6/c1-3-26-16-5-7-17(8-6-16)29-14(2)21(25)23-22-20(24)13-15-4-9-18-19(12-15)28-11-10-27-18/h4-9,12,14H,3,10-11,13H2,1-2H3,(H,22,24)(H,23,25). The van der Waals surface area contributed by atoms with E-state index in [1.54, 1.807) is 49.4 Å². The van der Waals surface area contributed by atoms with Crippen LogP contribution in [-0.4, -0.2) is 37.7 Å². The summed E-state index contributed by atoms with van der Waals surface area (Å²) in [5.41, 5.74) is 5.52. The molecular weight excluding hydrogens is 376 g/mol. The van der Waals surface area contributed by atoms with Crippen molar-refractivity contribution in [1.29, 1.82) is 0 Å². The molecule has 8 nitrogen and oxygen atoms in total. The van der Waals surface area contributed by atoms with Gasteiger partial charge < -0.3 is 18.9 Å². The Morgan fingerprint density at radius 1 is 1.00 bits per heavy atom. The fraction of sp³-hybridized carbons (Fsp3) is 0.333. The first-order valence-electron chi connectivity index (χ1n) is 9.42. The molecule has 1 unspecified atom stereocenters. The second-order valence-corrected chi connectivity index (χ2v) is 6.36. The zero-order valence-corrected chi connectivity index (χ0v) is 16.4. The van der Waals surface area contributed by atoms with Gasteiger partial charge in [-0.15, -0.1) is 0 Å². The number of hydrazine groups is 1. The monoisotopic (exact) mass is 400 g/mol. The van der Waals surface area contributed by atoms with Crippen LogP contribution in [0.1, 0.15) is 19.4 Å². The molecule has 2 N–H and O–H groups in total. The van der Waals surface area contributed by atoms with Gasteiger partial charge in [-0.3, -0.25) is 20.4 Å². The summed E-state index contributed by atoms with van der Waals surface area (Å²) >= 11 is 0. The summed E-state index contributed by atoms with van der Waals surface area (Å²) < 4.78 is 21.9. The van der Waals surface area contributed by atoms with E-state index >= 15 is 0 Å². The van der Waals surface area contributed by atoms with E-state index in [2.05, 4.69) is 10.9 Å². The van der Waals surface area contributed by atoms with E-state index in [1.165, 1.54) is 0 Å². The first kappa shape index (κ1) is 20.3. The van der Waals surface area contributed by atoms with Gasteiger partial charge in [-0.2, -0.15) is 0 Å². The number of carbonyl (C=O) groups excluding carboxylic acids is 2. The Labute approximate surface area is 169 Å². The Bertz CT molecular complexity index is 853. The van der Waals surface area contributed by atoms with Crippen LogP contribution in [0.3, 0.4) is 0 Å². The highest BCUT2D eigenvalue weighted by molar-refractivity contribution is 5.85. The number of hydrogen-bond acceptors (Lipinski definition) is 6. The average Bonchev–Trinajstić information content (AvgIpc) is 2.73. The van der Waals surface area contributed by atoms with Crippen LogP contribution in [0.15, 0.2) is 42.5 Å². The van der Waals surface area contributed by atoms with Crippen molar-refractivity contribution in [3.63, 3.8) is 0 Å². The molecule has 1 aliphatic rings. The summed E-state index contributed by atoms with van der Waals surface area (Å²) in [4.78, 5) is 24.3. The largest absolute Gasteiger partial charge is 0.494 e. The second kappa shape index (κ2) is 9.68. The first-order chi connectivity index (χ1) is 14.0. The third kappa shape index (κ3) is 5.78. The molecule has 2 aromatic rings. The Morgan fingerprint density at radius 2 is 1.69 bits per heavy atom. The zero-order valence-electron chi connectivity index (χ0n) is 16.4. The molecule has 8 heteroatoms. The number of rotatable bonds is 7. The molecule has 2 amide bonds. The topological polar surface area (TPSA) is 95.1 Å². The number of benzene rings is 2. The van der Waals surface area contributed by atoms with Crippen molar-refractivity contribution in [2.45, 2.75) is 26.4 Å². The van der Waals surface area contributed by atoms with Crippen molar-refractivity contribution >= 4 is 11.8 Å². The highest BCUT2D eigenvalue weighted by Gasteiger charge is 2.17. The minimum Gasteiger partial charge on any atom is -0.494 e. The molecule has 0 spiro atoms. The molecule has 1 heterocycles. The molecule has 0 aromatic heterocycles. The second-order valence-electron chi connectivity index (χ2n) is 6.36. The van der Waals surface area contributed by atoms with Crippen molar-refractivity contribution < 1.29 is 28.5 Å². The summed E-state index contributed by atoms with van der Waals surface area (Å²) in [6.07, 6.45) is -0.701. The van der Waals surface area contributed by atoms with Gasteiger partial charge in [0.05, 0.1) is 13.0 Å². The Morgan fingerprint density at radius 3 is 2.41 bits per heavy atom. The molecule has 1 atom stereocenters. The van der Waals surface area contributed by atoms with Crippen molar-refractivity contribution in [2.75, 3.05) is 19.8 Å². The molecule has 0 saturated heterocycles. The van der Waals surface area contributed by atoms with Gasteiger partial charge in [0.2, 0.25) is 5.91 Å². The van der Waals surface area contributed by atoms with Crippen LogP contribution in [-0.2, 0) is 16.0 Å². The van der Waals surface area contributed by atoms with Crippen LogP contribution in [0.4, 0.5) is 0 Å². The third-order valence-corrected chi connectivity index (χ3v) is 4.11. The average molecular weight is 400 g/mol. The molecule has 0 bridgehead atoms. The zero-order chi connectivity index (χ0) is 20.6. The third-order valence-electron chi connectivity index (χ3n) is 4.11. The summed E-state index contributed by atoms with van der Waals surface area (Å²) in [5.74, 6) is 1.71. The summed E-state index contributed by atoms with van der Waals surface area (Å²) in [6, 6.07) is 12.3. The lowest BCUT2D eigenvalue weighted by molar-refractivity contribution is -0.132. The van der Waals surface area contributed by atoms with Crippen LogP contribution in [0.2, 0.25) is 0 Å². The summed E-state index contributed by atoms with van der Waals surface area (Å²) in [5, 5.41) is 0. The van der Waals surface area contributed by atoms with Gasteiger partial charge in [-0.25, -0.2) is 0 Å². The number of amides is 2. The smallest absolute Gasteiger partial charge is 0.279 e. The molecule has 3 rings (SSSR count). The minimum absolute atomic E-state index is 0.0883. The summed E-state index contributed by atoms with van der Waals surface area (Å²) in [7, 11) is 0. The molecule has 1 aliphatic heterocycles. The van der Waals surface area contributed by atoms with Crippen molar-refractivity contribution in [2.24, 2.45) is 0 Å². The lowest BCUT2D eigenvalue weighted by Crippen LogP contribution is -2.47. The number of carbonyl (C=O) groups is 2. The minimum atomic E-state index is -0.789. The maximum Gasteiger partial charge on any atom is 0.279 e. The van der Waals surface area contributed by atoms with Crippen molar-refractivity contribution in [1.82, 2.24) is 10.9 Å². The fourth-order valence-electron chi connectivity index (χ4n) is 2.70. The normalized spacial score (nSPS) is 13.2. The van der Waals surface area contributed by atoms with E-state index in [1.807, 2.05) is 6.92 Å². The SMILES string of the molecule is CCOc1ccc(OC(C)C(=O)NNC(=O)Cc2ccc3c(c2)OCCO3)cc1. The molecule has 0 radical (unpaired) electrons. The Balaban J connectivity index is 1.45. The number of nitrogens with one attached hydrogen (secondary N) is 2. The maximum absolute atomic E-state index is 12.2. The van der Waals surface area contributed by atoms with Gasteiger partial charge in [-0.05, 0) is 55.8 Å². The van der Waals surface area contributed by atoms with Gasteiger partial charge in [0.25, 0.3) is 5.91 Å². The van der Waals surface area contributed by atoms with Crippen molar-refractivity contribution in [3.8, 4) is 23.0 Å². The van der Waals surface area contributed by atoms with Crippen LogP contribution >= 0.6 is 0 Å². The quantitative estimate of drug-likeness (QED) is 0.691. The summed E-state index contributed by atoms with van der Waals surface area (Å²) in [6.45, 7) is 5.06. The van der Waals surface area contributed by atoms with Crippen LogP contribution in [0.5, 0.6) is 23.0 Å². The molecule has 0 saturated carbocycles. The molecule has 2 aromatic carbocycles. The maximum atomic E-state index is 12.2. The van der Waals surface area contributed by atoms with E-state index in [-0.39, 0.29) is 12.3 Å². The van der Waals surface area contributed by atoms with Crippen LogP contribution in [0.25, 0.3) is 0 Å². The van der Waals surface area contributed by atoms with E-state index in [0.29, 0.717) is 37.1 Å². The van der Waals surface area contributed by atoms with Gasteiger partial charge in [0, 0.05) is 0 Å². The van der Waals surface area contributed by atoms with Gasteiger partial charge in [-0.1, -0.05) is 6.07 Å². The molecule has 0 aliphatic carbocycles. The molecular formula is C21H24N2O6. The molecule has 0 fully saturated rings. The van der Waals surface area contributed by atoms with E-state index < -0.39 is 12.0 Å². The van der Waals surface area contributed by atoms with E-state index in [9.17, 15) is 9.59 Å². The van der Waals surface area contributed by atoms with Crippen LogP contribution < -0.4 is 29.8 Å². The van der Waals surface area contributed by atoms with Crippen LogP contribution in [0, 0.1) is 0 Å². The first-order valence-corrected chi connectivity index (χ1v) is 9.42. The predicted octanol–water partition coefficient (Wildman–Crippen LogP) is 2.01. The lowest BCUT2D eigenvalue weighted by atomic mass is 10.1. The highest BCUT2D eigenvalue weighted by Crippen LogP contribution is 2.30. The molecule has 154 valence electrons. The Kier molecular flexibility index (Phi) is 6.78. The highest BCUT2D eigenvalue weighted by atomic mass is 16.6. The van der Waals surface area contributed by atoms with Gasteiger partial charge in [0.15, 0.2) is 17.6 Å². The van der Waals surface area contributed by atoms with Crippen molar-refractivity contribution in [3.05, 3.63) is 48.0 Å². The number of fused-ring (bicyclic) bond motifs is 1. The number of hydrogen-bond donors (Lipinski definition) is 2. The van der Waals surface area contributed by atoms with E-state index in [4.69, 9.17) is 18.9 Å². The lowest BCUT2D eigenvalue weighted by Gasteiger charge is -2.19. The van der Waals surface area contributed by atoms with E-state index in [0.717, 1.165) is 11.3 Å². The fourth-order valence-corrected chi connectivity index (χ4v) is 2.70. The molecule has 29 heavy (non-hydrogen) atoms. The number of ether oxygens (including phenoxy) is 4. The predicted molar refractivity (Wildman–Crippen MR) is 105 cm³/mol. The van der Waals surface area contributed by atoms with Gasteiger partial charge in [0.1, 0.15) is 24.7 Å². The van der Waals surface area contributed by atoms with Gasteiger partial charge >= 0.3 is 0 Å².